The fraction of sp³-hybridized carbons (Fsp3) is 0.778. The molecule has 0 amide bonds. The van der Waals surface area contributed by atoms with E-state index < -0.39 is 0 Å². The molecule has 1 heterocycles. The van der Waals surface area contributed by atoms with Crippen molar-refractivity contribution in [1.82, 2.24) is 10.2 Å². The number of halogens is 1. The van der Waals surface area contributed by atoms with Gasteiger partial charge in [-0.3, -0.25) is 4.90 Å². The smallest absolute Gasteiger partial charge is 0.0826 e. The van der Waals surface area contributed by atoms with Crippen LogP contribution in [0.25, 0.3) is 0 Å². The summed E-state index contributed by atoms with van der Waals surface area (Å²) in [5.74, 6) is 0. The summed E-state index contributed by atoms with van der Waals surface area (Å²) in [5, 5.41) is 3.31. The maximum absolute atomic E-state index is 5.58. The molecule has 4 heteroatoms. The van der Waals surface area contributed by atoms with Gasteiger partial charge in [-0.2, -0.15) is 0 Å². The highest BCUT2D eigenvalue weighted by atomic mass is 79.9. The molecule has 1 aliphatic heterocycles. The predicted molar refractivity (Wildman–Crippen MR) is 58.2 cm³/mol. The second kappa shape index (κ2) is 5.75. The van der Waals surface area contributed by atoms with Crippen molar-refractivity contribution in [3.05, 3.63) is 11.1 Å². The monoisotopic (exact) mass is 248 g/mol. The van der Waals surface area contributed by atoms with Gasteiger partial charge in [-0.15, -0.1) is 0 Å². The summed E-state index contributed by atoms with van der Waals surface area (Å²) in [6, 6.07) is 0. The number of nitrogens with zero attached hydrogens (tertiary/aromatic N) is 1. The Balaban J connectivity index is 2.18. The van der Waals surface area contributed by atoms with Crippen LogP contribution in [-0.2, 0) is 4.74 Å². The maximum atomic E-state index is 5.58. The van der Waals surface area contributed by atoms with Crippen LogP contribution < -0.4 is 5.32 Å². The molecule has 0 bridgehead atoms. The lowest BCUT2D eigenvalue weighted by atomic mass is 10.3. The lowest BCUT2D eigenvalue weighted by molar-refractivity contribution is 0.0117. The summed E-state index contributed by atoms with van der Waals surface area (Å²) >= 11 is 3.35. The van der Waals surface area contributed by atoms with Gasteiger partial charge in [0.25, 0.3) is 0 Å². The lowest BCUT2D eigenvalue weighted by Gasteiger charge is -2.27. The van der Waals surface area contributed by atoms with Gasteiger partial charge in [0.05, 0.1) is 12.7 Å². The zero-order valence-electron chi connectivity index (χ0n) is 8.05. The van der Waals surface area contributed by atoms with E-state index in [0.29, 0.717) is 6.10 Å². The molecule has 0 aromatic rings. The molecule has 1 aliphatic rings. The summed E-state index contributed by atoms with van der Waals surface area (Å²) < 4.78 is 6.59. The first kappa shape index (κ1) is 11.2. The van der Waals surface area contributed by atoms with Crippen LogP contribution in [-0.4, -0.2) is 50.8 Å². The number of morpholine rings is 1. The van der Waals surface area contributed by atoms with Gasteiger partial charge in [0.1, 0.15) is 0 Å². The van der Waals surface area contributed by atoms with Crippen LogP contribution in [0.15, 0.2) is 11.1 Å². The Labute approximate surface area is 88.3 Å². The summed E-state index contributed by atoms with van der Waals surface area (Å²) in [6.45, 7) is 8.40. The van der Waals surface area contributed by atoms with Crippen LogP contribution in [0.3, 0.4) is 0 Å². The van der Waals surface area contributed by atoms with Crippen LogP contribution in [0.5, 0.6) is 0 Å². The molecule has 1 fully saturated rings. The Morgan fingerprint density at radius 3 is 3.08 bits per heavy atom. The SMILES string of the molecule is C=C(Br)CN(C)CC1CNCCO1. The summed E-state index contributed by atoms with van der Waals surface area (Å²) in [4.78, 5) is 2.20. The van der Waals surface area contributed by atoms with Crippen molar-refractivity contribution in [2.24, 2.45) is 0 Å². The van der Waals surface area contributed by atoms with Crippen molar-refractivity contribution >= 4 is 15.9 Å². The molecule has 0 saturated carbocycles. The molecule has 0 radical (unpaired) electrons. The number of hydrogen-bond acceptors (Lipinski definition) is 3. The second-order valence-corrected chi connectivity index (χ2v) is 4.53. The second-order valence-electron chi connectivity index (χ2n) is 3.41. The van der Waals surface area contributed by atoms with Crippen LogP contribution in [0, 0.1) is 0 Å². The van der Waals surface area contributed by atoms with Crippen molar-refractivity contribution < 1.29 is 4.74 Å². The van der Waals surface area contributed by atoms with Crippen molar-refractivity contribution in [2.75, 3.05) is 39.8 Å². The van der Waals surface area contributed by atoms with Crippen LogP contribution in [0.2, 0.25) is 0 Å². The molecule has 0 aromatic carbocycles. The number of hydrogen-bond donors (Lipinski definition) is 1. The molecule has 1 N–H and O–H groups in total. The minimum absolute atomic E-state index is 0.325. The van der Waals surface area contributed by atoms with E-state index in [2.05, 4.69) is 39.8 Å². The normalized spacial score (nSPS) is 23.5. The number of likely N-dealkylation sites (N-methyl/N-ethyl adjacent to an activating group) is 1. The number of rotatable bonds is 4. The van der Waals surface area contributed by atoms with Gasteiger partial charge in [0.2, 0.25) is 0 Å². The van der Waals surface area contributed by atoms with Gasteiger partial charge in [0.15, 0.2) is 0 Å². The van der Waals surface area contributed by atoms with Gasteiger partial charge in [-0.05, 0) is 7.05 Å². The molecule has 1 saturated heterocycles. The third-order valence-electron chi connectivity index (χ3n) is 1.96. The van der Waals surface area contributed by atoms with Crippen LogP contribution in [0.4, 0.5) is 0 Å². The maximum Gasteiger partial charge on any atom is 0.0826 e. The van der Waals surface area contributed by atoms with E-state index in [1.807, 2.05) is 0 Å². The molecule has 3 nitrogen and oxygen atoms in total. The predicted octanol–water partition coefficient (Wildman–Crippen LogP) is 0.815. The van der Waals surface area contributed by atoms with Crippen molar-refractivity contribution in [3.8, 4) is 0 Å². The van der Waals surface area contributed by atoms with E-state index in [1.165, 1.54) is 0 Å². The molecule has 0 aliphatic carbocycles. The minimum Gasteiger partial charge on any atom is -0.374 e. The molecule has 0 aromatic heterocycles. The van der Waals surface area contributed by atoms with E-state index in [9.17, 15) is 0 Å². The molecule has 76 valence electrons. The van der Waals surface area contributed by atoms with Crippen LogP contribution >= 0.6 is 15.9 Å². The fourth-order valence-electron chi connectivity index (χ4n) is 1.44. The van der Waals surface area contributed by atoms with Gasteiger partial charge in [0, 0.05) is 30.7 Å². The zero-order chi connectivity index (χ0) is 9.68. The summed E-state index contributed by atoms with van der Waals surface area (Å²) in [7, 11) is 2.07. The van der Waals surface area contributed by atoms with Crippen molar-refractivity contribution in [3.63, 3.8) is 0 Å². The fourth-order valence-corrected chi connectivity index (χ4v) is 1.87. The van der Waals surface area contributed by atoms with E-state index in [0.717, 1.165) is 37.3 Å². The van der Waals surface area contributed by atoms with E-state index in [-0.39, 0.29) is 0 Å². The first-order chi connectivity index (χ1) is 6.18. The summed E-state index contributed by atoms with van der Waals surface area (Å²) in [5.41, 5.74) is 0. The topological polar surface area (TPSA) is 24.5 Å². The van der Waals surface area contributed by atoms with Gasteiger partial charge in [-0.1, -0.05) is 22.5 Å². The summed E-state index contributed by atoms with van der Waals surface area (Å²) in [6.07, 6.45) is 0.325. The molecule has 1 unspecified atom stereocenters. The quantitative estimate of drug-likeness (QED) is 0.798. The Morgan fingerprint density at radius 1 is 1.77 bits per heavy atom. The Morgan fingerprint density at radius 2 is 2.54 bits per heavy atom. The Kier molecular flexibility index (Phi) is 4.94. The molecule has 0 spiro atoms. The van der Waals surface area contributed by atoms with E-state index in [4.69, 9.17) is 4.74 Å². The first-order valence-corrected chi connectivity index (χ1v) is 5.32. The van der Waals surface area contributed by atoms with Crippen LogP contribution in [0.1, 0.15) is 0 Å². The van der Waals surface area contributed by atoms with E-state index >= 15 is 0 Å². The average Bonchev–Trinajstić information content (AvgIpc) is 2.04. The molecular formula is C9H17BrN2O. The minimum atomic E-state index is 0.325. The van der Waals surface area contributed by atoms with Gasteiger partial charge < -0.3 is 10.1 Å². The third kappa shape index (κ3) is 4.76. The van der Waals surface area contributed by atoms with Gasteiger partial charge in [-0.25, -0.2) is 0 Å². The molecule has 1 rings (SSSR count). The highest BCUT2D eigenvalue weighted by Crippen LogP contribution is 2.04. The lowest BCUT2D eigenvalue weighted by Crippen LogP contribution is -2.44. The van der Waals surface area contributed by atoms with Crippen molar-refractivity contribution in [1.29, 1.82) is 0 Å². The third-order valence-corrected chi connectivity index (χ3v) is 2.21. The number of nitrogens with one attached hydrogen (secondary N) is 1. The molecule has 1 atom stereocenters. The van der Waals surface area contributed by atoms with Gasteiger partial charge >= 0.3 is 0 Å². The highest BCUT2D eigenvalue weighted by Gasteiger charge is 2.15. The first-order valence-electron chi connectivity index (χ1n) is 4.52. The van der Waals surface area contributed by atoms with Crippen molar-refractivity contribution in [2.45, 2.75) is 6.10 Å². The molecule has 13 heavy (non-hydrogen) atoms. The Bertz CT molecular complexity index is 169. The van der Waals surface area contributed by atoms with E-state index in [1.54, 1.807) is 0 Å². The average molecular weight is 249 g/mol. The standard InChI is InChI=1S/C9H17BrN2O/c1-8(10)6-12(2)7-9-5-11-3-4-13-9/h9,11H,1,3-7H2,2H3. The highest BCUT2D eigenvalue weighted by molar-refractivity contribution is 9.11. The Hall–Kier alpha value is 0.1000. The largest absolute Gasteiger partial charge is 0.374 e. The number of ether oxygens (including phenoxy) is 1. The molecular weight excluding hydrogens is 232 g/mol. The zero-order valence-corrected chi connectivity index (χ0v) is 9.64.